The van der Waals surface area contributed by atoms with E-state index in [1.165, 1.54) is 0 Å². The van der Waals surface area contributed by atoms with Crippen LogP contribution in [-0.4, -0.2) is 25.5 Å². The lowest BCUT2D eigenvalue weighted by Gasteiger charge is -2.25. The second-order valence-corrected chi connectivity index (χ2v) is 8.42. The van der Waals surface area contributed by atoms with Crippen LogP contribution in [0.4, 0.5) is 0 Å². The maximum absolute atomic E-state index is 10.6. The lowest BCUT2D eigenvalue weighted by atomic mass is 10.1. The molecule has 3 nitrogen and oxygen atoms in total. The van der Waals surface area contributed by atoms with Crippen LogP contribution in [0.25, 0.3) is 0 Å². The van der Waals surface area contributed by atoms with Crippen molar-refractivity contribution < 1.29 is 14.3 Å². The van der Waals surface area contributed by atoms with Gasteiger partial charge in [-0.25, -0.2) is 4.79 Å². The van der Waals surface area contributed by atoms with E-state index in [0.717, 1.165) is 0 Å². The monoisotopic (exact) mass is 202 g/mol. The molecule has 1 N–H and O–H groups in total. The molecule has 0 fully saturated rings. The Balaban J connectivity index is 4.36. The molecule has 76 valence electrons. The number of carboxylic acids is 1. The second-order valence-electron chi connectivity index (χ2n) is 3.96. The van der Waals surface area contributed by atoms with Gasteiger partial charge in [-0.1, -0.05) is 13.5 Å². The van der Waals surface area contributed by atoms with E-state index in [-0.39, 0.29) is 11.7 Å². The van der Waals surface area contributed by atoms with Crippen LogP contribution in [0.5, 0.6) is 0 Å². The van der Waals surface area contributed by atoms with Crippen LogP contribution in [0.3, 0.4) is 0 Å². The molecule has 0 bridgehead atoms. The molecule has 13 heavy (non-hydrogen) atoms. The number of hydrogen-bond donors (Lipinski definition) is 1. The summed E-state index contributed by atoms with van der Waals surface area (Å²) >= 11 is 0. The van der Waals surface area contributed by atoms with Crippen molar-refractivity contribution in [2.24, 2.45) is 0 Å². The van der Waals surface area contributed by atoms with Crippen LogP contribution >= 0.6 is 0 Å². The van der Waals surface area contributed by atoms with E-state index in [0.29, 0.717) is 6.42 Å². The molecule has 0 saturated carbocycles. The molecular formula is C9H18O3Si. The highest BCUT2D eigenvalue weighted by Gasteiger charge is 2.24. The molecular weight excluding hydrogens is 184 g/mol. The molecule has 0 aliphatic rings. The van der Waals surface area contributed by atoms with Gasteiger partial charge in [-0.15, -0.1) is 0 Å². The molecule has 0 aromatic heterocycles. The Kier molecular flexibility index (Phi) is 4.36. The van der Waals surface area contributed by atoms with Gasteiger partial charge in [-0.2, -0.15) is 0 Å². The van der Waals surface area contributed by atoms with E-state index in [4.69, 9.17) is 9.53 Å². The fourth-order valence-electron chi connectivity index (χ4n) is 0.965. The van der Waals surface area contributed by atoms with Crippen LogP contribution < -0.4 is 0 Å². The van der Waals surface area contributed by atoms with Crippen molar-refractivity contribution in [1.29, 1.82) is 0 Å². The second kappa shape index (κ2) is 4.57. The van der Waals surface area contributed by atoms with Gasteiger partial charge in [0.15, 0.2) is 8.32 Å². The first-order valence-electron chi connectivity index (χ1n) is 4.38. The first kappa shape index (κ1) is 12.4. The number of carbonyl (C=O) groups is 1. The summed E-state index contributed by atoms with van der Waals surface area (Å²) in [5.41, 5.74) is 0.157. The van der Waals surface area contributed by atoms with Gasteiger partial charge in [0.1, 0.15) is 0 Å². The largest absolute Gasteiger partial charge is 0.478 e. The fraction of sp³-hybridized carbons (Fsp3) is 0.667. The van der Waals surface area contributed by atoms with Gasteiger partial charge in [0, 0.05) is 0 Å². The number of rotatable bonds is 5. The first-order chi connectivity index (χ1) is 5.78. The summed E-state index contributed by atoms with van der Waals surface area (Å²) in [6.45, 7) is 11.5. The Morgan fingerprint density at radius 1 is 1.54 bits per heavy atom. The molecule has 0 rings (SSSR count). The minimum Gasteiger partial charge on any atom is -0.478 e. The minimum atomic E-state index is -1.67. The van der Waals surface area contributed by atoms with E-state index in [1.54, 1.807) is 0 Å². The molecule has 0 spiro atoms. The van der Waals surface area contributed by atoms with E-state index in [1.807, 2.05) is 26.6 Å². The predicted octanol–water partition coefficient (Wildman–Crippen LogP) is 2.26. The Morgan fingerprint density at radius 2 is 2.00 bits per heavy atom. The highest BCUT2D eigenvalue weighted by atomic mass is 28.4. The highest BCUT2D eigenvalue weighted by Crippen LogP contribution is 2.15. The molecule has 0 amide bonds. The van der Waals surface area contributed by atoms with E-state index < -0.39 is 14.3 Å². The van der Waals surface area contributed by atoms with Crippen molar-refractivity contribution in [2.75, 3.05) is 0 Å². The van der Waals surface area contributed by atoms with E-state index >= 15 is 0 Å². The molecule has 1 unspecified atom stereocenters. The van der Waals surface area contributed by atoms with Gasteiger partial charge in [0.05, 0.1) is 11.7 Å². The molecule has 0 aromatic carbocycles. The van der Waals surface area contributed by atoms with Crippen LogP contribution in [-0.2, 0) is 9.22 Å². The number of carboxylic acid groups (broad SMARTS) is 1. The molecule has 0 radical (unpaired) electrons. The van der Waals surface area contributed by atoms with Crippen molar-refractivity contribution in [1.82, 2.24) is 0 Å². The fourth-order valence-corrected chi connectivity index (χ4v) is 2.13. The molecule has 0 saturated heterocycles. The summed E-state index contributed by atoms with van der Waals surface area (Å²) in [6.07, 6.45) is 0.333. The zero-order chi connectivity index (χ0) is 10.6. The molecule has 0 aliphatic carbocycles. The Bertz CT molecular complexity index is 205. The number of aliphatic carboxylic acids is 1. The van der Waals surface area contributed by atoms with Crippen LogP contribution in [0.15, 0.2) is 12.2 Å². The van der Waals surface area contributed by atoms with E-state index in [9.17, 15) is 4.79 Å². The summed E-state index contributed by atoms with van der Waals surface area (Å²) < 4.78 is 5.67. The summed E-state index contributed by atoms with van der Waals surface area (Å²) in [4.78, 5) is 10.6. The maximum Gasteiger partial charge on any atom is 0.333 e. The Morgan fingerprint density at radius 3 is 2.23 bits per heavy atom. The zero-order valence-electron chi connectivity index (χ0n) is 8.76. The van der Waals surface area contributed by atoms with Gasteiger partial charge in [-0.05, 0) is 26.1 Å². The van der Waals surface area contributed by atoms with Crippen molar-refractivity contribution in [3.8, 4) is 0 Å². The van der Waals surface area contributed by atoms with Crippen molar-refractivity contribution in [3.63, 3.8) is 0 Å². The smallest absolute Gasteiger partial charge is 0.333 e. The van der Waals surface area contributed by atoms with Gasteiger partial charge < -0.3 is 9.53 Å². The van der Waals surface area contributed by atoms with Crippen molar-refractivity contribution in [2.45, 2.75) is 39.1 Å². The third kappa shape index (κ3) is 4.85. The van der Waals surface area contributed by atoms with Gasteiger partial charge in [0.25, 0.3) is 0 Å². The van der Waals surface area contributed by atoms with Crippen LogP contribution in [0.2, 0.25) is 19.6 Å². The Hall–Kier alpha value is -0.613. The molecule has 4 heteroatoms. The lowest BCUT2D eigenvalue weighted by Crippen LogP contribution is -2.34. The van der Waals surface area contributed by atoms with Crippen LogP contribution in [0, 0.1) is 0 Å². The van der Waals surface area contributed by atoms with Crippen LogP contribution in [0.1, 0.15) is 13.3 Å². The summed E-state index contributed by atoms with van der Waals surface area (Å²) in [6, 6.07) is 0. The van der Waals surface area contributed by atoms with Crippen molar-refractivity contribution >= 4 is 14.3 Å². The average molecular weight is 202 g/mol. The maximum atomic E-state index is 10.6. The standard InChI is InChI=1S/C9H18O3Si/c1-6-8(7(2)9(10)11)12-13(3,4)5/h8H,2,6H2,1,3-5H3,(H,10,11). The Labute approximate surface area is 80.5 Å². The quantitative estimate of drug-likeness (QED) is 0.549. The third-order valence-electron chi connectivity index (χ3n) is 1.53. The van der Waals surface area contributed by atoms with Gasteiger partial charge in [0.2, 0.25) is 0 Å². The average Bonchev–Trinajstić information content (AvgIpc) is 1.97. The molecule has 0 aromatic rings. The summed E-state index contributed by atoms with van der Waals surface area (Å²) in [5, 5.41) is 8.72. The highest BCUT2D eigenvalue weighted by molar-refractivity contribution is 6.69. The normalized spacial score (nSPS) is 13.8. The van der Waals surface area contributed by atoms with E-state index in [2.05, 4.69) is 6.58 Å². The molecule has 0 aliphatic heterocycles. The summed E-state index contributed by atoms with van der Waals surface area (Å²) in [5.74, 6) is -0.967. The first-order valence-corrected chi connectivity index (χ1v) is 7.78. The molecule has 1 atom stereocenters. The zero-order valence-corrected chi connectivity index (χ0v) is 9.76. The minimum absolute atomic E-state index is 0.157. The predicted molar refractivity (Wildman–Crippen MR) is 55.3 cm³/mol. The topological polar surface area (TPSA) is 46.5 Å². The van der Waals surface area contributed by atoms with Crippen molar-refractivity contribution in [3.05, 3.63) is 12.2 Å². The third-order valence-corrected chi connectivity index (χ3v) is 2.52. The number of hydrogen-bond acceptors (Lipinski definition) is 2. The molecule has 0 heterocycles. The lowest BCUT2D eigenvalue weighted by molar-refractivity contribution is -0.133. The van der Waals surface area contributed by atoms with Gasteiger partial charge >= 0.3 is 5.97 Å². The SMILES string of the molecule is C=C(C(=O)O)C(CC)O[Si](C)(C)C. The van der Waals surface area contributed by atoms with Gasteiger partial charge in [-0.3, -0.25) is 0 Å². The summed E-state index contributed by atoms with van der Waals surface area (Å²) in [7, 11) is -1.67.